The Morgan fingerprint density at radius 1 is 1.15 bits per heavy atom. The van der Waals surface area contributed by atoms with Gasteiger partial charge in [0, 0.05) is 17.8 Å². The van der Waals surface area contributed by atoms with Crippen LogP contribution in [0.5, 0.6) is 5.75 Å². The molecule has 0 spiro atoms. The molecule has 1 amide bonds. The lowest BCUT2D eigenvalue weighted by Crippen LogP contribution is -2.17. The van der Waals surface area contributed by atoms with E-state index < -0.39 is 5.97 Å². The first kappa shape index (κ1) is 24.8. The summed E-state index contributed by atoms with van der Waals surface area (Å²) < 4.78 is 12.4. The Morgan fingerprint density at radius 2 is 1.88 bits per heavy atom. The molecule has 0 bridgehead atoms. The van der Waals surface area contributed by atoms with E-state index in [1.165, 1.54) is 23.1 Å². The van der Waals surface area contributed by atoms with E-state index in [2.05, 4.69) is 15.5 Å². The normalized spacial score (nSPS) is 10.8. The molecule has 0 aliphatic rings. The fourth-order valence-electron chi connectivity index (χ4n) is 3.26. The number of amides is 1. The third-order valence-corrected chi connectivity index (χ3v) is 7.17. The van der Waals surface area contributed by atoms with Crippen LogP contribution in [0.4, 0.5) is 5.00 Å². The standard InChI is InChI=1S/C23H28N4O4S2/c1-6-27-18(12-16-8-10-17(30-5)11-9-16)25-26-23(27)32-13-19(28)24-21-20(22(29)31-7-2)14(3)15(4)33-21/h8-11H,6-7,12-13H2,1-5H3,(H,24,28). The highest BCUT2D eigenvalue weighted by atomic mass is 32.2. The van der Waals surface area contributed by atoms with E-state index in [9.17, 15) is 9.59 Å². The first-order valence-corrected chi connectivity index (χ1v) is 12.4. The topological polar surface area (TPSA) is 95.3 Å². The molecule has 1 N–H and O–H groups in total. The van der Waals surface area contributed by atoms with Crippen LogP contribution in [0, 0.1) is 13.8 Å². The van der Waals surface area contributed by atoms with Gasteiger partial charge < -0.3 is 19.4 Å². The molecule has 0 saturated carbocycles. The number of ether oxygens (including phenoxy) is 2. The number of hydrogen-bond donors (Lipinski definition) is 1. The smallest absolute Gasteiger partial charge is 0.341 e. The second kappa shape index (κ2) is 11.3. The van der Waals surface area contributed by atoms with Crippen LogP contribution in [0.15, 0.2) is 29.4 Å². The fraction of sp³-hybridized carbons (Fsp3) is 0.391. The van der Waals surface area contributed by atoms with Gasteiger partial charge in [-0.1, -0.05) is 23.9 Å². The van der Waals surface area contributed by atoms with Gasteiger partial charge >= 0.3 is 5.97 Å². The molecule has 33 heavy (non-hydrogen) atoms. The molecule has 0 atom stereocenters. The number of benzene rings is 1. The third-order valence-electron chi connectivity index (χ3n) is 5.08. The zero-order chi connectivity index (χ0) is 24.0. The second-order valence-corrected chi connectivity index (χ2v) is 9.38. The molecule has 10 heteroatoms. The van der Waals surface area contributed by atoms with Crippen LogP contribution in [0.3, 0.4) is 0 Å². The molecular formula is C23H28N4O4S2. The predicted molar refractivity (Wildman–Crippen MR) is 131 cm³/mol. The van der Waals surface area contributed by atoms with Crippen molar-refractivity contribution in [2.45, 2.75) is 45.8 Å². The Balaban J connectivity index is 1.66. The molecule has 0 unspecified atom stereocenters. The number of thiophene rings is 1. The average molecular weight is 489 g/mol. The fourth-order valence-corrected chi connectivity index (χ4v) is 5.14. The number of aromatic nitrogens is 3. The largest absolute Gasteiger partial charge is 0.497 e. The number of thioether (sulfide) groups is 1. The van der Waals surface area contributed by atoms with Crippen LogP contribution in [-0.4, -0.2) is 46.1 Å². The summed E-state index contributed by atoms with van der Waals surface area (Å²) in [5.74, 6) is 1.16. The van der Waals surface area contributed by atoms with E-state index in [-0.39, 0.29) is 18.3 Å². The van der Waals surface area contributed by atoms with Crippen LogP contribution in [-0.2, 0) is 22.5 Å². The Morgan fingerprint density at radius 3 is 2.52 bits per heavy atom. The lowest BCUT2D eigenvalue weighted by Gasteiger charge is -2.09. The van der Waals surface area contributed by atoms with Gasteiger partial charge in [0.25, 0.3) is 0 Å². The average Bonchev–Trinajstić information content (AvgIpc) is 3.32. The van der Waals surface area contributed by atoms with Crippen molar-refractivity contribution in [3.8, 4) is 5.75 Å². The van der Waals surface area contributed by atoms with Gasteiger partial charge in [-0.05, 0) is 51.0 Å². The third kappa shape index (κ3) is 5.94. The molecule has 2 aromatic heterocycles. The molecule has 0 aliphatic heterocycles. The highest BCUT2D eigenvalue weighted by Crippen LogP contribution is 2.33. The summed E-state index contributed by atoms with van der Waals surface area (Å²) in [6.07, 6.45) is 0.633. The minimum Gasteiger partial charge on any atom is -0.497 e. The zero-order valence-corrected chi connectivity index (χ0v) is 21.1. The van der Waals surface area contributed by atoms with Gasteiger partial charge in [0.05, 0.1) is 25.0 Å². The van der Waals surface area contributed by atoms with Crippen LogP contribution in [0.1, 0.15) is 46.0 Å². The number of esters is 1. The first-order chi connectivity index (χ1) is 15.9. The Kier molecular flexibility index (Phi) is 8.51. The SMILES string of the molecule is CCOC(=O)c1c(NC(=O)CSc2nnc(Cc3ccc(OC)cc3)n2CC)sc(C)c1C. The molecule has 0 radical (unpaired) electrons. The van der Waals surface area contributed by atoms with Crippen molar-refractivity contribution in [1.29, 1.82) is 0 Å². The number of nitrogens with one attached hydrogen (secondary N) is 1. The van der Waals surface area contributed by atoms with Crippen molar-refractivity contribution in [1.82, 2.24) is 14.8 Å². The van der Waals surface area contributed by atoms with E-state index in [0.29, 0.717) is 28.7 Å². The van der Waals surface area contributed by atoms with Crippen molar-refractivity contribution < 1.29 is 19.1 Å². The molecular weight excluding hydrogens is 460 g/mol. The van der Waals surface area contributed by atoms with Gasteiger partial charge in [0.15, 0.2) is 5.16 Å². The van der Waals surface area contributed by atoms with Gasteiger partial charge in [-0.25, -0.2) is 4.79 Å². The predicted octanol–water partition coefficient (Wildman–Crippen LogP) is 4.48. The number of anilines is 1. The monoisotopic (exact) mass is 488 g/mol. The summed E-state index contributed by atoms with van der Waals surface area (Å²) in [4.78, 5) is 25.9. The minimum atomic E-state index is -0.420. The summed E-state index contributed by atoms with van der Waals surface area (Å²) in [5, 5.41) is 12.7. The molecule has 0 saturated heterocycles. The molecule has 3 rings (SSSR count). The molecule has 176 valence electrons. The molecule has 2 heterocycles. The van der Waals surface area contributed by atoms with Gasteiger partial charge in [0.1, 0.15) is 16.6 Å². The lowest BCUT2D eigenvalue weighted by molar-refractivity contribution is -0.113. The van der Waals surface area contributed by atoms with Crippen molar-refractivity contribution >= 4 is 40.0 Å². The maximum absolute atomic E-state index is 12.7. The number of carbonyl (C=O) groups excluding carboxylic acids is 2. The number of carbonyl (C=O) groups is 2. The minimum absolute atomic E-state index is 0.152. The van der Waals surface area contributed by atoms with Gasteiger partial charge in [-0.3, -0.25) is 4.79 Å². The highest BCUT2D eigenvalue weighted by Gasteiger charge is 2.22. The lowest BCUT2D eigenvalue weighted by atomic mass is 10.1. The van der Waals surface area contributed by atoms with Crippen LogP contribution < -0.4 is 10.1 Å². The van der Waals surface area contributed by atoms with Crippen molar-refractivity contribution in [3.63, 3.8) is 0 Å². The number of hydrogen-bond acceptors (Lipinski definition) is 8. The maximum Gasteiger partial charge on any atom is 0.341 e. The number of rotatable bonds is 10. The Hall–Kier alpha value is -2.85. The number of nitrogens with zero attached hydrogens (tertiary/aromatic N) is 3. The number of methoxy groups -OCH3 is 1. The number of aryl methyl sites for hydroxylation is 1. The molecule has 1 aromatic carbocycles. The zero-order valence-electron chi connectivity index (χ0n) is 19.4. The summed E-state index contributed by atoms with van der Waals surface area (Å²) in [6, 6.07) is 7.83. The van der Waals surface area contributed by atoms with Crippen molar-refractivity contribution in [3.05, 3.63) is 51.7 Å². The van der Waals surface area contributed by atoms with E-state index in [1.54, 1.807) is 14.0 Å². The first-order valence-electron chi connectivity index (χ1n) is 10.6. The van der Waals surface area contributed by atoms with Gasteiger partial charge in [-0.15, -0.1) is 21.5 Å². The van der Waals surface area contributed by atoms with Crippen molar-refractivity contribution in [2.24, 2.45) is 0 Å². The quantitative estimate of drug-likeness (QED) is 0.332. The second-order valence-electron chi connectivity index (χ2n) is 7.21. The van der Waals surface area contributed by atoms with E-state index in [4.69, 9.17) is 9.47 Å². The Bertz CT molecular complexity index is 1120. The van der Waals surface area contributed by atoms with E-state index in [0.717, 1.165) is 27.6 Å². The summed E-state index contributed by atoms with van der Waals surface area (Å²) >= 11 is 2.69. The van der Waals surface area contributed by atoms with Crippen LogP contribution in [0.2, 0.25) is 0 Å². The molecule has 0 aliphatic carbocycles. The highest BCUT2D eigenvalue weighted by molar-refractivity contribution is 7.99. The molecule has 0 fully saturated rings. The van der Waals surface area contributed by atoms with E-state index >= 15 is 0 Å². The van der Waals surface area contributed by atoms with Crippen LogP contribution >= 0.6 is 23.1 Å². The Labute approximate surface area is 201 Å². The summed E-state index contributed by atoms with van der Waals surface area (Å²) in [7, 11) is 1.64. The molecule has 8 nitrogen and oxygen atoms in total. The van der Waals surface area contributed by atoms with Gasteiger partial charge in [-0.2, -0.15) is 0 Å². The molecule has 3 aromatic rings. The maximum atomic E-state index is 12.7. The summed E-state index contributed by atoms with van der Waals surface area (Å²) in [6.45, 7) is 8.53. The summed E-state index contributed by atoms with van der Waals surface area (Å²) in [5.41, 5.74) is 2.36. The van der Waals surface area contributed by atoms with Crippen molar-refractivity contribution in [2.75, 3.05) is 24.8 Å². The van der Waals surface area contributed by atoms with Gasteiger partial charge in [0.2, 0.25) is 5.91 Å². The van der Waals surface area contributed by atoms with E-state index in [1.807, 2.05) is 49.6 Å². The van der Waals surface area contributed by atoms with Crippen LogP contribution in [0.25, 0.3) is 0 Å².